The van der Waals surface area contributed by atoms with Gasteiger partial charge in [0.15, 0.2) is 17.3 Å². The molecule has 19 heavy (non-hydrogen) atoms. The van der Waals surface area contributed by atoms with Crippen LogP contribution < -0.4 is 15.2 Å². The normalized spacial score (nSPS) is 10.3. The average molecular weight is 263 g/mol. The molecule has 0 heterocycles. The lowest BCUT2D eigenvalue weighted by Crippen LogP contribution is -1.96. The Hall–Kier alpha value is -2.27. The summed E-state index contributed by atoms with van der Waals surface area (Å²) in [4.78, 5) is 0. The largest absolute Gasteiger partial charge is 0.494 e. The molecular weight excluding hydrogens is 249 g/mol. The Morgan fingerprint density at radius 1 is 1.16 bits per heavy atom. The minimum Gasteiger partial charge on any atom is -0.494 e. The molecule has 100 valence electrons. The van der Waals surface area contributed by atoms with E-state index in [-0.39, 0.29) is 18.0 Å². The van der Waals surface area contributed by atoms with Crippen molar-refractivity contribution in [3.63, 3.8) is 0 Å². The molecule has 0 bridgehead atoms. The minimum absolute atomic E-state index is 0.0349. The Kier molecular flexibility index (Phi) is 3.87. The Morgan fingerprint density at radius 2 is 1.84 bits per heavy atom. The van der Waals surface area contributed by atoms with E-state index in [0.717, 1.165) is 11.6 Å². The van der Waals surface area contributed by atoms with Crippen molar-refractivity contribution < 1.29 is 19.0 Å². The summed E-state index contributed by atoms with van der Waals surface area (Å²) in [5.74, 6) is 0.381. The van der Waals surface area contributed by atoms with Crippen molar-refractivity contribution in [2.75, 3.05) is 12.8 Å². The van der Waals surface area contributed by atoms with Gasteiger partial charge in [-0.3, -0.25) is 0 Å². The van der Waals surface area contributed by atoms with E-state index in [1.165, 1.54) is 13.2 Å². The Bertz CT molecular complexity index is 570. The number of anilines is 1. The summed E-state index contributed by atoms with van der Waals surface area (Å²) in [6.07, 6.45) is 0. The van der Waals surface area contributed by atoms with Crippen LogP contribution in [0.3, 0.4) is 0 Å². The smallest absolute Gasteiger partial charge is 0.167 e. The molecule has 0 aliphatic rings. The molecule has 0 fully saturated rings. The number of nitrogen functional groups attached to an aromatic ring is 1. The van der Waals surface area contributed by atoms with Crippen LogP contribution >= 0.6 is 0 Å². The first-order valence-electron chi connectivity index (χ1n) is 5.64. The molecule has 0 saturated carbocycles. The van der Waals surface area contributed by atoms with Gasteiger partial charge in [-0.1, -0.05) is 12.1 Å². The van der Waals surface area contributed by atoms with Crippen molar-refractivity contribution in [2.45, 2.75) is 6.61 Å². The van der Waals surface area contributed by atoms with E-state index < -0.39 is 5.82 Å². The van der Waals surface area contributed by atoms with Gasteiger partial charge in [-0.05, 0) is 17.7 Å². The number of halogens is 1. The minimum atomic E-state index is -0.539. The van der Waals surface area contributed by atoms with Gasteiger partial charge in [0.25, 0.3) is 0 Å². The number of aliphatic hydroxyl groups excluding tert-OH is 1. The lowest BCUT2D eigenvalue weighted by atomic mass is 10.2. The second kappa shape index (κ2) is 5.58. The number of hydrogen-bond acceptors (Lipinski definition) is 4. The first-order chi connectivity index (χ1) is 9.13. The number of ether oxygens (including phenoxy) is 2. The number of aliphatic hydroxyl groups is 1. The molecule has 2 rings (SSSR count). The maximum absolute atomic E-state index is 13.4. The molecule has 0 saturated heterocycles. The van der Waals surface area contributed by atoms with Crippen LogP contribution in [0.1, 0.15) is 5.56 Å². The number of methoxy groups -OCH3 is 1. The second-order valence-electron chi connectivity index (χ2n) is 3.93. The summed E-state index contributed by atoms with van der Waals surface area (Å²) in [5, 5.41) is 8.94. The Morgan fingerprint density at radius 3 is 2.42 bits per heavy atom. The first kappa shape index (κ1) is 13.2. The van der Waals surface area contributed by atoms with Crippen LogP contribution in [-0.4, -0.2) is 12.2 Å². The summed E-state index contributed by atoms with van der Waals surface area (Å²) in [5.41, 5.74) is 6.65. The third-order valence-electron chi connectivity index (χ3n) is 2.62. The zero-order valence-corrected chi connectivity index (χ0v) is 10.4. The van der Waals surface area contributed by atoms with Crippen molar-refractivity contribution in [3.05, 3.63) is 47.8 Å². The summed E-state index contributed by atoms with van der Waals surface area (Å²) in [6, 6.07) is 9.39. The average Bonchev–Trinajstić information content (AvgIpc) is 2.42. The van der Waals surface area contributed by atoms with Crippen molar-refractivity contribution in [2.24, 2.45) is 0 Å². The molecule has 0 radical (unpaired) electrons. The molecule has 4 nitrogen and oxygen atoms in total. The van der Waals surface area contributed by atoms with Gasteiger partial charge in [-0.15, -0.1) is 0 Å². The molecular formula is C14H14FNO3. The lowest BCUT2D eigenvalue weighted by molar-refractivity contribution is 0.281. The quantitative estimate of drug-likeness (QED) is 0.832. The van der Waals surface area contributed by atoms with Gasteiger partial charge in [-0.2, -0.15) is 0 Å². The first-order valence-corrected chi connectivity index (χ1v) is 5.64. The molecule has 2 aromatic rings. The van der Waals surface area contributed by atoms with Gasteiger partial charge in [-0.25, -0.2) is 4.39 Å². The van der Waals surface area contributed by atoms with E-state index in [1.54, 1.807) is 24.3 Å². The summed E-state index contributed by atoms with van der Waals surface area (Å²) in [7, 11) is 1.37. The number of nitrogens with two attached hydrogens (primary N) is 1. The van der Waals surface area contributed by atoms with Crippen molar-refractivity contribution in [3.8, 4) is 17.2 Å². The Labute approximate surface area is 110 Å². The van der Waals surface area contributed by atoms with Crippen LogP contribution in [0.5, 0.6) is 17.2 Å². The molecule has 5 heteroatoms. The van der Waals surface area contributed by atoms with Crippen molar-refractivity contribution in [1.29, 1.82) is 0 Å². The number of benzene rings is 2. The summed E-state index contributed by atoms with van der Waals surface area (Å²) in [6.45, 7) is -0.0349. The maximum Gasteiger partial charge on any atom is 0.167 e. The highest BCUT2D eigenvalue weighted by molar-refractivity contribution is 5.57. The van der Waals surface area contributed by atoms with Crippen molar-refractivity contribution in [1.82, 2.24) is 0 Å². The van der Waals surface area contributed by atoms with Gasteiger partial charge in [0.05, 0.1) is 19.4 Å². The van der Waals surface area contributed by atoms with E-state index in [0.29, 0.717) is 11.5 Å². The zero-order valence-electron chi connectivity index (χ0n) is 10.4. The number of rotatable bonds is 4. The third-order valence-corrected chi connectivity index (χ3v) is 2.62. The molecule has 0 atom stereocenters. The molecule has 0 aromatic heterocycles. The van der Waals surface area contributed by atoms with E-state index in [9.17, 15) is 4.39 Å². The SMILES string of the molecule is COc1cc(Oc2ccc(CO)cc2)c(N)cc1F. The van der Waals surface area contributed by atoms with Crippen molar-refractivity contribution >= 4 is 5.69 Å². The molecule has 0 aliphatic carbocycles. The van der Waals surface area contributed by atoms with Crippen LogP contribution in [0.25, 0.3) is 0 Å². The fraction of sp³-hybridized carbons (Fsp3) is 0.143. The van der Waals surface area contributed by atoms with Gasteiger partial charge in [0, 0.05) is 12.1 Å². The lowest BCUT2D eigenvalue weighted by Gasteiger charge is -2.11. The van der Waals surface area contributed by atoms with E-state index in [2.05, 4.69) is 0 Å². The van der Waals surface area contributed by atoms with Crippen LogP contribution in [0.4, 0.5) is 10.1 Å². The third kappa shape index (κ3) is 2.95. The molecule has 0 spiro atoms. The molecule has 0 amide bonds. The zero-order chi connectivity index (χ0) is 13.8. The predicted molar refractivity (Wildman–Crippen MR) is 69.8 cm³/mol. The highest BCUT2D eigenvalue weighted by atomic mass is 19.1. The second-order valence-corrected chi connectivity index (χ2v) is 3.93. The van der Waals surface area contributed by atoms with Crippen LogP contribution in [-0.2, 0) is 6.61 Å². The van der Waals surface area contributed by atoms with Gasteiger partial charge in [0.2, 0.25) is 0 Å². The van der Waals surface area contributed by atoms with Gasteiger partial charge in [0.1, 0.15) is 5.75 Å². The van der Waals surface area contributed by atoms with Crippen LogP contribution in [0.2, 0.25) is 0 Å². The molecule has 0 unspecified atom stereocenters. The summed E-state index contributed by atoms with van der Waals surface area (Å²) >= 11 is 0. The van der Waals surface area contributed by atoms with Gasteiger partial charge < -0.3 is 20.3 Å². The highest BCUT2D eigenvalue weighted by Gasteiger charge is 2.10. The number of hydrogen-bond donors (Lipinski definition) is 2. The molecule has 0 aliphatic heterocycles. The molecule has 2 aromatic carbocycles. The Balaban J connectivity index is 2.26. The van der Waals surface area contributed by atoms with Crippen LogP contribution in [0, 0.1) is 5.82 Å². The predicted octanol–water partition coefficient (Wildman–Crippen LogP) is 2.70. The highest BCUT2D eigenvalue weighted by Crippen LogP contribution is 2.33. The standard InChI is InChI=1S/C14H14FNO3/c1-18-13-7-14(12(16)6-11(13)15)19-10-4-2-9(8-17)3-5-10/h2-7,17H,8,16H2,1H3. The molecule has 3 N–H and O–H groups in total. The summed E-state index contributed by atoms with van der Waals surface area (Å²) < 4.78 is 23.8. The fourth-order valence-electron chi connectivity index (χ4n) is 1.58. The fourth-order valence-corrected chi connectivity index (χ4v) is 1.58. The van der Waals surface area contributed by atoms with Crippen LogP contribution in [0.15, 0.2) is 36.4 Å². The van der Waals surface area contributed by atoms with Gasteiger partial charge >= 0.3 is 0 Å². The van der Waals surface area contributed by atoms with E-state index in [1.807, 2.05) is 0 Å². The monoisotopic (exact) mass is 263 g/mol. The van der Waals surface area contributed by atoms with E-state index in [4.69, 9.17) is 20.3 Å². The van der Waals surface area contributed by atoms with E-state index >= 15 is 0 Å². The topological polar surface area (TPSA) is 64.7 Å². The maximum atomic E-state index is 13.4.